The number of halogens is 2. The van der Waals surface area contributed by atoms with Crippen LogP contribution in [0.3, 0.4) is 0 Å². The van der Waals surface area contributed by atoms with E-state index in [0.29, 0.717) is 51.9 Å². The highest BCUT2D eigenvalue weighted by molar-refractivity contribution is 7.10. The molecular formula is C69H99Cl2N5OS. The summed E-state index contributed by atoms with van der Waals surface area (Å²) in [6, 6.07) is 34.5. The van der Waals surface area contributed by atoms with E-state index in [1.165, 1.54) is 64.2 Å². The van der Waals surface area contributed by atoms with E-state index in [1.807, 2.05) is 90.6 Å². The van der Waals surface area contributed by atoms with Crippen LogP contribution in [0.25, 0.3) is 11.4 Å². The van der Waals surface area contributed by atoms with Crippen molar-refractivity contribution in [1.82, 2.24) is 24.8 Å². The number of para-hydroxylation sites is 1. The molecule has 0 amide bonds. The predicted octanol–water partition coefficient (Wildman–Crippen LogP) is 21.4. The first kappa shape index (κ1) is 69.2. The summed E-state index contributed by atoms with van der Waals surface area (Å²) in [5, 5.41) is 3.61. The number of likely N-dealkylation sites (tertiary alicyclic amines) is 1. The second-order valence-electron chi connectivity index (χ2n) is 23.1. The molecule has 1 aliphatic heterocycles. The first-order chi connectivity index (χ1) is 36.9. The lowest BCUT2D eigenvalue weighted by Crippen LogP contribution is -2.38. The minimum Gasteiger partial charge on any atom is -0.496 e. The number of aryl methyl sites for hydroxylation is 1. The minimum absolute atomic E-state index is 0.360. The van der Waals surface area contributed by atoms with E-state index < -0.39 is 0 Å². The molecule has 6 nitrogen and oxygen atoms in total. The molecule has 8 rings (SSSR count). The average Bonchev–Trinajstić information content (AvgIpc) is 3.86. The number of aromatic nitrogens is 4. The Morgan fingerprint density at radius 2 is 1.13 bits per heavy atom. The van der Waals surface area contributed by atoms with Gasteiger partial charge in [-0.15, -0.1) is 11.3 Å². The first-order valence-electron chi connectivity index (χ1n) is 28.5. The van der Waals surface area contributed by atoms with Gasteiger partial charge in [0, 0.05) is 63.9 Å². The van der Waals surface area contributed by atoms with Crippen LogP contribution in [-0.4, -0.2) is 51.6 Å². The maximum Gasteiger partial charge on any atom is 0.159 e. The zero-order valence-electron chi connectivity index (χ0n) is 51.4. The third-order valence-corrected chi connectivity index (χ3v) is 14.6. The maximum absolute atomic E-state index is 5.94. The van der Waals surface area contributed by atoms with Crippen LogP contribution in [0.1, 0.15) is 222 Å². The van der Waals surface area contributed by atoms with Crippen LogP contribution in [0.5, 0.6) is 5.75 Å². The second kappa shape index (κ2) is 37.1. The Kier molecular flexibility index (Phi) is 32.9. The Balaban J connectivity index is 0.000000338. The molecule has 9 heteroatoms. The number of methoxy groups -OCH3 is 1. The summed E-state index contributed by atoms with van der Waals surface area (Å²) in [7, 11) is 1.71. The maximum atomic E-state index is 5.94. The lowest BCUT2D eigenvalue weighted by atomic mass is 9.86. The van der Waals surface area contributed by atoms with E-state index in [1.54, 1.807) is 25.6 Å². The van der Waals surface area contributed by atoms with Crippen LogP contribution in [0, 0.1) is 12.3 Å². The lowest BCUT2D eigenvalue weighted by molar-refractivity contribution is 0.153. The van der Waals surface area contributed by atoms with Gasteiger partial charge in [0.05, 0.1) is 12.8 Å². The van der Waals surface area contributed by atoms with E-state index >= 15 is 0 Å². The fourth-order valence-corrected chi connectivity index (χ4v) is 10.1. The number of rotatable bonds is 10. The standard InChI is InChI=1S/C22H32N4.C10H14O.C9H10Cl2.C9H12.C8H11N.C8H12S.C3H8/c1-16(2)19-14-24-21(18-6-10-23-11-7-18)25-20(19)17-8-12-26(13-9-17)15-22(3,4)5;1-8(2)9-6-4-5-7-10(9)11-3;1-6(2)8-4-3-7(10)5-9(8)11;1-8(2)9-6-4-3-5-7-9;1-7(2)8-3-5-9-6-4-8;1-6(2)8-7(3)4-5-9-8;1-3-2/h6-7,10-11,14,16-17H,8-9,12-13,15H2,1-5H3;4-8H,1-3H3;3-6H,1-2H3;3-8H,1-2H3;3-7H,1-2H3;4-6H,1-3H3;3H2,1-2H3. The van der Waals surface area contributed by atoms with Gasteiger partial charge in [-0.1, -0.05) is 202 Å². The molecule has 5 heterocycles. The van der Waals surface area contributed by atoms with Crippen LogP contribution in [0.2, 0.25) is 10.0 Å². The number of piperidine rings is 1. The van der Waals surface area contributed by atoms with Crippen molar-refractivity contribution in [3.8, 4) is 17.1 Å². The Bertz CT molecular complexity index is 2590. The molecule has 4 aromatic heterocycles. The quantitative estimate of drug-likeness (QED) is 0.136. The summed E-state index contributed by atoms with van der Waals surface area (Å²) in [6.45, 7) is 43.1. The van der Waals surface area contributed by atoms with Gasteiger partial charge in [0.1, 0.15) is 5.75 Å². The number of hydrogen-bond donors (Lipinski definition) is 0. The molecule has 0 aliphatic carbocycles. The predicted molar refractivity (Wildman–Crippen MR) is 343 cm³/mol. The Morgan fingerprint density at radius 1 is 0.615 bits per heavy atom. The van der Waals surface area contributed by atoms with Crippen molar-refractivity contribution < 1.29 is 4.74 Å². The molecule has 0 bridgehead atoms. The molecule has 7 aromatic rings. The third kappa shape index (κ3) is 26.4. The number of nitrogens with zero attached hydrogens (tertiary/aromatic N) is 5. The molecule has 0 spiro atoms. The van der Waals surface area contributed by atoms with Crippen LogP contribution < -0.4 is 4.74 Å². The highest BCUT2D eigenvalue weighted by Crippen LogP contribution is 2.34. The van der Waals surface area contributed by atoms with Crippen molar-refractivity contribution in [3.05, 3.63) is 193 Å². The van der Waals surface area contributed by atoms with Crippen LogP contribution in [0.4, 0.5) is 0 Å². The van der Waals surface area contributed by atoms with Crippen molar-refractivity contribution in [2.24, 2.45) is 5.41 Å². The van der Waals surface area contributed by atoms with Gasteiger partial charge < -0.3 is 9.64 Å². The fourth-order valence-electron chi connectivity index (χ4n) is 8.53. The van der Waals surface area contributed by atoms with Crippen molar-refractivity contribution in [1.29, 1.82) is 0 Å². The van der Waals surface area contributed by atoms with Gasteiger partial charge in [0.15, 0.2) is 5.82 Å². The molecule has 0 N–H and O–H groups in total. The van der Waals surface area contributed by atoms with Crippen LogP contribution >= 0.6 is 34.5 Å². The van der Waals surface area contributed by atoms with Gasteiger partial charge in [0.2, 0.25) is 0 Å². The topological polar surface area (TPSA) is 64.0 Å². The summed E-state index contributed by atoms with van der Waals surface area (Å²) in [6.07, 6.45) is 12.9. The molecule has 426 valence electrons. The van der Waals surface area contributed by atoms with Gasteiger partial charge in [-0.2, -0.15) is 0 Å². The second-order valence-corrected chi connectivity index (χ2v) is 24.9. The Morgan fingerprint density at radius 3 is 1.54 bits per heavy atom. The van der Waals surface area contributed by atoms with Gasteiger partial charge in [-0.3, -0.25) is 9.97 Å². The van der Waals surface area contributed by atoms with Gasteiger partial charge in [0.25, 0.3) is 0 Å². The van der Waals surface area contributed by atoms with Gasteiger partial charge >= 0.3 is 0 Å². The van der Waals surface area contributed by atoms with E-state index in [-0.39, 0.29) is 0 Å². The molecule has 3 aromatic carbocycles. The third-order valence-electron chi connectivity index (χ3n) is 12.7. The van der Waals surface area contributed by atoms with Gasteiger partial charge in [-0.05, 0) is 161 Å². The van der Waals surface area contributed by atoms with Gasteiger partial charge in [-0.25, -0.2) is 9.97 Å². The first-order valence-corrected chi connectivity index (χ1v) is 30.1. The summed E-state index contributed by atoms with van der Waals surface area (Å²) >= 11 is 13.5. The Hall–Kier alpha value is -4.92. The lowest BCUT2D eigenvalue weighted by Gasteiger charge is -2.36. The van der Waals surface area contributed by atoms with Crippen molar-refractivity contribution >= 4 is 34.5 Å². The highest BCUT2D eigenvalue weighted by Gasteiger charge is 2.27. The van der Waals surface area contributed by atoms with E-state index in [4.69, 9.17) is 32.9 Å². The number of ether oxygens (including phenoxy) is 1. The van der Waals surface area contributed by atoms with E-state index in [9.17, 15) is 0 Å². The molecule has 0 unspecified atom stereocenters. The molecular weight excluding hydrogens is 1020 g/mol. The number of hydrogen-bond acceptors (Lipinski definition) is 7. The molecule has 1 aliphatic rings. The van der Waals surface area contributed by atoms with Crippen molar-refractivity contribution in [3.63, 3.8) is 0 Å². The smallest absolute Gasteiger partial charge is 0.159 e. The summed E-state index contributed by atoms with van der Waals surface area (Å²) < 4.78 is 5.21. The number of benzene rings is 3. The van der Waals surface area contributed by atoms with Crippen LogP contribution in [-0.2, 0) is 0 Å². The number of thiophene rings is 1. The molecule has 1 saturated heterocycles. The van der Waals surface area contributed by atoms with Crippen molar-refractivity contribution in [2.75, 3.05) is 26.7 Å². The van der Waals surface area contributed by atoms with Crippen LogP contribution in [0.15, 0.2) is 139 Å². The fraction of sp³-hybridized carbons (Fsp3) is 0.478. The Labute approximate surface area is 489 Å². The monoisotopic (exact) mass is 1120 g/mol. The number of pyridine rings is 2. The molecule has 0 radical (unpaired) electrons. The minimum atomic E-state index is 0.360. The zero-order chi connectivity index (χ0) is 58.4. The molecule has 78 heavy (non-hydrogen) atoms. The molecule has 0 atom stereocenters. The normalized spacial score (nSPS) is 12.4. The largest absolute Gasteiger partial charge is 0.496 e. The summed E-state index contributed by atoms with van der Waals surface area (Å²) in [5.41, 5.74) is 10.6. The van der Waals surface area contributed by atoms with E-state index in [0.717, 1.165) is 40.8 Å². The molecule has 1 fully saturated rings. The SMILES string of the molecule is CC(C)c1ccc(Cl)cc1Cl.CC(C)c1ccccc1.CC(C)c1ccncc1.CC(C)c1cnc(-c2ccncc2)nc1C1CCN(CC(C)(C)C)CC1.CCC.COc1ccccc1C(C)C.Cc1ccsc1C(C)C. The zero-order valence-corrected chi connectivity index (χ0v) is 53.7. The molecule has 0 saturated carbocycles. The average molecular weight is 1120 g/mol. The van der Waals surface area contributed by atoms with Crippen molar-refractivity contribution in [2.45, 2.75) is 185 Å². The highest BCUT2D eigenvalue weighted by atomic mass is 35.5. The summed E-state index contributed by atoms with van der Waals surface area (Å²) in [4.78, 5) is 21.8. The van der Waals surface area contributed by atoms with E-state index in [2.05, 4.69) is 186 Å². The summed E-state index contributed by atoms with van der Waals surface area (Å²) in [5.74, 6) is 5.76.